The zero-order valence-corrected chi connectivity index (χ0v) is 14.7. The maximum atomic E-state index is 12.5. The summed E-state index contributed by atoms with van der Waals surface area (Å²) in [6.07, 6.45) is 8.14. The molecular weight excluding hydrogens is 304 g/mol. The zero-order valence-electron chi connectivity index (χ0n) is 14.7. The second kappa shape index (κ2) is 6.14. The Kier molecular flexibility index (Phi) is 4.45. The monoisotopic (exact) mass is 332 g/mol. The maximum absolute atomic E-state index is 12.5. The minimum absolute atomic E-state index is 0.0348. The normalized spacial score (nSPS) is 42.1. The van der Waals surface area contributed by atoms with Gasteiger partial charge in [0.15, 0.2) is 0 Å². The fraction of sp³-hybridized carbons (Fsp3) is 0.700. The SMILES string of the molecule is C=C1CCC2C(C)(CO)C(=O)CC[C@]2(C)C1CCC1C=COC1=O. The Hall–Kier alpha value is -1.42. The lowest BCUT2D eigenvalue weighted by Gasteiger charge is -2.57. The van der Waals surface area contributed by atoms with E-state index in [1.54, 1.807) is 0 Å². The molecule has 0 aromatic rings. The molecule has 1 heterocycles. The van der Waals surface area contributed by atoms with E-state index in [1.165, 1.54) is 11.8 Å². The molecule has 2 fully saturated rings. The van der Waals surface area contributed by atoms with E-state index in [1.807, 2.05) is 13.0 Å². The highest BCUT2D eigenvalue weighted by Crippen LogP contribution is 2.60. The Morgan fingerprint density at radius 1 is 1.29 bits per heavy atom. The molecule has 132 valence electrons. The van der Waals surface area contributed by atoms with Crippen molar-refractivity contribution in [1.82, 2.24) is 0 Å². The molecule has 1 aliphatic heterocycles. The highest BCUT2D eigenvalue weighted by molar-refractivity contribution is 5.86. The Morgan fingerprint density at radius 2 is 2.04 bits per heavy atom. The molecule has 3 rings (SSSR count). The van der Waals surface area contributed by atoms with Crippen molar-refractivity contribution in [1.29, 1.82) is 0 Å². The van der Waals surface area contributed by atoms with Crippen LogP contribution < -0.4 is 0 Å². The first-order valence-electron chi connectivity index (χ1n) is 9.02. The standard InChI is InChI=1S/C20H28O4/c1-13-4-7-16-19(2,10-8-17(22)20(16,3)12-21)15(13)6-5-14-9-11-24-18(14)23/h9,11,14-16,21H,1,4-8,10,12H2,2-3H3/t14?,15?,16?,19-,20?/m1/s1. The second-order valence-corrected chi connectivity index (χ2v) is 8.26. The van der Waals surface area contributed by atoms with Crippen molar-refractivity contribution in [3.05, 3.63) is 24.5 Å². The first-order chi connectivity index (χ1) is 11.3. The van der Waals surface area contributed by atoms with Crippen LogP contribution in [0, 0.1) is 28.6 Å². The van der Waals surface area contributed by atoms with E-state index in [2.05, 4.69) is 13.5 Å². The van der Waals surface area contributed by atoms with Crippen molar-refractivity contribution in [3.63, 3.8) is 0 Å². The van der Waals surface area contributed by atoms with Crippen LogP contribution in [0.1, 0.15) is 52.4 Å². The van der Waals surface area contributed by atoms with E-state index in [0.29, 0.717) is 6.42 Å². The van der Waals surface area contributed by atoms with E-state index < -0.39 is 5.41 Å². The Balaban J connectivity index is 1.82. The fourth-order valence-corrected chi connectivity index (χ4v) is 5.46. The van der Waals surface area contributed by atoms with Crippen molar-refractivity contribution in [2.45, 2.75) is 52.4 Å². The molecule has 1 N–H and O–H groups in total. The number of ether oxygens (including phenoxy) is 1. The number of aliphatic hydroxyl groups is 1. The molecule has 3 aliphatic rings. The lowest BCUT2D eigenvalue weighted by Crippen LogP contribution is -2.55. The number of hydrogen-bond acceptors (Lipinski definition) is 4. The van der Waals surface area contributed by atoms with Gasteiger partial charge in [0, 0.05) is 6.42 Å². The molecule has 4 heteroatoms. The average Bonchev–Trinajstić information content (AvgIpc) is 2.96. The summed E-state index contributed by atoms with van der Waals surface area (Å²) in [5.41, 5.74) is 0.559. The number of fused-ring (bicyclic) bond motifs is 1. The smallest absolute Gasteiger partial charge is 0.317 e. The third kappa shape index (κ3) is 2.55. The minimum Gasteiger partial charge on any atom is -0.434 e. The molecule has 5 atom stereocenters. The van der Waals surface area contributed by atoms with Crippen molar-refractivity contribution in [3.8, 4) is 0 Å². The number of carbonyl (C=O) groups is 2. The molecule has 0 saturated heterocycles. The number of carbonyl (C=O) groups excluding carboxylic acids is 2. The lowest BCUT2D eigenvalue weighted by atomic mass is 9.46. The molecular formula is C20H28O4. The molecule has 0 amide bonds. The number of allylic oxidation sites excluding steroid dienone is 1. The van der Waals surface area contributed by atoms with Crippen LogP contribution in [0.2, 0.25) is 0 Å². The number of rotatable bonds is 4. The van der Waals surface area contributed by atoms with Gasteiger partial charge in [0.1, 0.15) is 5.78 Å². The Labute approximate surface area is 144 Å². The number of hydrogen-bond donors (Lipinski definition) is 1. The van der Waals surface area contributed by atoms with Crippen LogP contribution >= 0.6 is 0 Å². The highest BCUT2D eigenvalue weighted by atomic mass is 16.5. The van der Waals surface area contributed by atoms with Crippen molar-refractivity contribution in [2.24, 2.45) is 28.6 Å². The van der Waals surface area contributed by atoms with Gasteiger partial charge in [-0.25, -0.2) is 0 Å². The van der Waals surface area contributed by atoms with E-state index >= 15 is 0 Å². The largest absolute Gasteiger partial charge is 0.434 e. The van der Waals surface area contributed by atoms with Gasteiger partial charge in [-0.1, -0.05) is 26.0 Å². The number of cyclic esters (lactones) is 1. The summed E-state index contributed by atoms with van der Waals surface area (Å²) < 4.78 is 4.91. The van der Waals surface area contributed by atoms with Crippen molar-refractivity contribution in [2.75, 3.05) is 6.61 Å². The number of esters is 1. The van der Waals surface area contributed by atoms with Gasteiger partial charge in [-0.2, -0.15) is 0 Å². The van der Waals surface area contributed by atoms with Gasteiger partial charge >= 0.3 is 5.97 Å². The van der Waals surface area contributed by atoms with Crippen LogP contribution in [-0.2, 0) is 14.3 Å². The summed E-state index contributed by atoms with van der Waals surface area (Å²) >= 11 is 0. The quantitative estimate of drug-likeness (QED) is 0.633. The summed E-state index contributed by atoms with van der Waals surface area (Å²) in [7, 11) is 0. The first-order valence-corrected chi connectivity index (χ1v) is 9.02. The van der Waals surface area contributed by atoms with Crippen LogP contribution in [0.3, 0.4) is 0 Å². The first kappa shape index (κ1) is 17.4. The number of ketones is 1. The van der Waals surface area contributed by atoms with Gasteiger partial charge in [0.25, 0.3) is 0 Å². The Morgan fingerprint density at radius 3 is 2.67 bits per heavy atom. The Bertz CT molecular complexity index is 592. The van der Waals surface area contributed by atoms with Gasteiger partial charge in [0.2, 0.25) is 0 Å². The van der Waals surface area contributed by atoms with Gasteiger partial charge in [0.05, 0.1) is 24.2 Å². The van der Waals surface area contributed by atoms with Crippen LogP contribution in [0.15, 0.2) is 24.5 Å². The average molecular weight is 332 g/mol. The minimum atomic E-state index is -0.641. The van der Waals surface area contributed by atoms with Crippen LogP contribution in [-0.4, -0.2) is 23.5 Å². The van der Waals surface area contributed by atoms with E-state index in [-0.39, 0.29) is 41.5 Å². The fourth-order valence-electron chi connectivity index (χ4n) is 5.46. The molecule has 2 aliphatic carbocycles. The van der Waals surface area contributed by atoms with Crippen molar-refractivity contribution >= 4 is 11.8 Å². The van der Waals surface area contributed by atoms with Gasteiger partial charge < -0.3 is 9.84 Å². The highest BCUT2D eigenvalue weighted by Gasteiger charge is 2.57. The number of Topliss-reactive ketones (excluding diaryl/α,β-unsaturated/α-hetero) is 1. The topological polar surface area (TPSA) is 63.6 Å². The molecule has 2 saturated carbocycles. The predicted octanol–water partition coefficient (Wildman–Crippen LogP) is 3.40. The molecule has 0 spiro atoms. The van der Waals surface area contributed by atoms with E-state index in [9.17, 15) is 14.7 Å². The number of aliphatic hydroxyl groups excluding tert-OH is 1. The molecule has 0 aromatic heterocycles. The van der Waals surface area contributed by atoms with Crippen molar-refractivity contribution < 1.29 is 19.4 Å². The summed E-state index contributed by atoms with van der Waals surface area (Å²) in [6, 6.07) is 0. The molecule has 0 radical (unpaired) electrons. The van der Waals surface area contributed by atoms with Crippen LogP contribution in [0.25, 0.3) is 0 Å². The van der Waals surface area contributed by atoms with Gasteiger partial charge in [-0.05, 0) is 55.4 Å². The second-order valence-electron chi connectivity index (χ2n) is 8.26. The lowest BCUT2D eigenvalue weighted by molar-refractivity contribution is -0.152. The summed E-state index contributed by atoms with van der Waals surface area (Å²) in [5, 5.41) is 9.95. The van der Waals surface area contributed by atoms with Crippen LogP contribution in [0.4, 0.5) is 0 Å². The third-order valence-corrected chi connectivity index (χ3v) is 7.03. The van der Waals surface area contributed by atoms with E-state index in [4.69, 9.17) is 4.74 Å². The summed E-state index contributed by atoms with van der Waals surface area (Å²) in [5.74, 6) is 0.337. The molecule has 24 heavy (non-hydrogen) atoms. The van der Waals surface area contributed by atoms with Gasteiger partial charge in [-0.15, -0.1) is 0 Å². The molecule has 0 aromatic carbocycles. The van der Waals surface area contributed by atoms with E-state index in [0.717, 1.165) is 32.1 Å². The van der Waals surface area contributed by atoms with Gasteiger partial charge in [-0.3, -0.25) is 9.59 Å². The maximum Gasteiger partial charge on any atom is 0.317 e. The molecule has 4 unspecified atom stereocenters. The summed E-state index contributed by atoms with van der Waals surface area (Å²) in [6.45, 7) is 8.42. The summed E-state index contributed by atoms with van der Waals surface area (Å²) in [4.78, 5) is 24.2. The molecule has 4 nitrogen and oxygen atoms in total. The van der Waals surface area contributed by atoms with Crippen LogP contribution in [0.5, 0.6) is 0 Å². The zero-order chi connectivity index (χ0) is 17.5. The third-order valence-electron chi connectivity index (χ3n) is 7.03. The predicted molar refractivity (Wildman–Crippen MR) is 90.9 cm³/mol. The molecule has 0 bridgehead atoms.